The van der Waals surface area contributed by atoms with Crippen LogP contribution in [0.15, 0.2) is 247 Å². The lowest BCUT2D eigenvalue weighted by molar-refractivity contribution is 0.669. The van der Waals surface area contributed by atoms with Gasteiger partial charge >= 0.3 is 0 Å². The van der Waals surface area contributed by atoms with Crippen molar-refractivity contribution in [3.05, 3.63) is 243 Å². The fraction of sp³-hybridized carbons (Fsp3) is 0. The van der Waals surface area contributed by atoms with Crippen LogP contribution in [0.25, 0.3) is 93.9 Å². The molecular formula is C60H40N2O. The number of anilines is 3. The van der Waals surface area contributed by atoms with Gasteiger partial charge in [-0.2, -0.15) is 0 Å². The summed E-state index contributed by atoms with van der Waals surface area (Å²) in [6.07, 6.45) is 0. The Kier molecular flexibility index (Phi) is 8.83. The summed E-state index contributed by atoms with van der Waals surface area (Å²) in [5.41, 5.74) is 18.0. The van der Waals surface area contributed by atoms with Crippen molar-refractivity contribution in [2.24, 2.45) is 0 Å². The van der Waals surface area contributed by atoms with Gasteiger partial charge in [0.15, 0.2) is 0 Å². The molecule has 3 nitrogen and oxygen atoms in total. The lowest BCUT2D eigenvalue weighted by atomic mass is 10.00. The highest BCUT2D eigenvalue weighted by Gasteiger charge is 2.19. The first kappa shape index (κ1) is 36.5. The topological polar surface area (TPSA) is 21.3 Å². The molecule has 0 bridgehead atoms. The standard InChI is InChI=1S/C60H40N2O/c1-4-12-41(13-5-1)43-20-22-44(23-21-43)45-24-30-50(31-25-45)61(51-32-26-46(27-33-51)48-29-37-60-56(39-48)53-18-10-11-19-59(53)63-60)52-34-36-58-55(40-52)54-38-47(42-14-6-2-7-15-42)28-35-57(54)62(58)49-16-8-3-9-17-49/h1-40H. The van der Waals surface area contributed by atoms with Crippen molar-refractivity contribution in [3.8, 4) is 50.2 Å². The van der Waals surface area contributed by atoms with Gasteiger partial charge in [-0.3, -0.25) is 0 Å². The number of para-hydroxylation sites is 2. The number of fused-ring (bicyclic) bond motifs is 6. The highest BCUT2D eigenvalue weighted by molar-refractivity contribution is 6.12. The van der Waals surface area contributed by atoms with E-state index in [9.17, 15) is 0 Å². The van der Waals surface area contributed by atoms with E-state index in [1.54, 1.807) is 0 Å². The maximum absolute atomic E-state index is 6.16. The smallest absolute Gasteiger partial charge is 0.135 e. The second-order valence-electron chi connectivity index (χ2n) is 16.2. The van der Waals surface area contributed by atoms with Crippen molar-refractivity contribution in [1.29, 1.82) is 0 Å². The largest absolute Gasteiger partial charge is 0.456 e. The van der Waals surface area contributed by atoms with E-state index in [1.807, 2.05) is 12.1 Å². The third-order valence-corrected chi connectivity index (χ3v) is 12.4. The maximum atomic E-state index is 6.16. The second-order valence-corrected chi connectivity index (χ2v) is 16.2. The van der Waals surface area contributed by atoms with Crippen molar-refractivity contribution in [2.45, 2.75) is 0 Å². The number of hydrogen-bond donors (Lipinski definition) is 0. The van der Waals surface area contributed by atoms with Gasteiger partial charge in [0, 0.05) is 44.3 Å². The summed E-state index contributed by atoms with van der Waals surface area (Å²) < 4.78 is 8.55. The summed E-state index contributed by atoms with van der Waals surface area (Å²) in [6.45, 7) is 0. The van der Waals surface area contributed by atoms with Gasteiger partial charge < -0.3 is 13.9 Å². The van der Waals surface area contributed by atoms with Crippen molar-refractivity contribution in [1.82, 2.24) is 4.57 Å². The van der Waals surface area contributed by atoms with Crippen LogP contribution in [0.4, 0.5) is 17.1 Å². The van der Waals surface area contributed by atoms with Gasteiger partial charge in [0.05, 0.1) is 11.0 Å². The minimum atomic E-state index is 0.901. The van der Waals surface area contributed by atoms with E-state index in [4.69, 9.17) is 4.42 Å². The molecule has 0 atom stereocenters. The van der Waals surface area contributed by atoms with Crippen molar-refractivity contribution in [2.75, 3.05) is 4.90 Å². The van der Waals surface area contributed by atoms with Crippen LogP contribution in [-0.2, 0) is 0 Å². The van der Waals surface area contributed by atoms with E-state index >= 15 is 0 Å². The maximum Gasteiger partial charge on any atom is 0.135 e. The van der Waals surface area contributed by atoms with Crippen LogP contribution in [0.1, 0.15) is 0 Å². The number of furan rings is 1. The van der Waals surface area contributed by atoms with E-state index in [1.165, 1.54) is 49.7 Å². The quantitative estimate of drug-likeness (QED) is 0.153. The van der Waals surface area contributed by atoms with Crippen LogP contribution in [0.3, 0.4) is 0 Å². The zero-order chi connectivity index (χ0) is 41.7. The van der Waals surface area contributed by atoms with Crippen LogP contribution in [0, 0.1) is 0 Å². The molecule has 0 aliphatic rings. The van der Waals surface area contributed by atoms with E-state index < -0.39 is 0 Å². The molecule has 10 aromatic carbocycles. The van der Waals surface area contributed by atoms with Gasteiger partial charge in [0.1, 0.15) is 11.2 Å². The molecule has 0 unspecified atom stereocenters. The molecule has 0 N–H and O–H groups in total. The van der Waals surface area contributed by atoms with Gasteiger partial charge in [0.25, 0.3) is 0 Å². The third kappa shape index (κ3) is 6.55. The summed E-state index contributed by atoms with van der Waals surface area (Å²) >= 11 is 0. The molecule has 0 spiro atoms. The lowest BCUT2D eigenvalue weighted by Gasteiger charge is -2.26. The Labute approximate surface area is 366 Å². The third-order valence-electron chi connectivity index (χ3n) is 12.4. The molecular weight excluding hydrogens is 765 g/mol. The molecule has 0 amide bonds. The zero-order valence-electron chi connectivity index (χ0n) is 34.4. The average molecular weight is 805 g/mol. The second kappa shape index (κ2) is 15.3. The van der Waals surface area contributed by atoms with Crippen LogP contribution >= 0.6 is 0 Å². The average Bonchev–Trinajstić information content (AvgIpc) is 3.90. The minimum Gasteiger partial charge on any atom is -0.456 e. The minimum absolute atomic E-state index is 0.901. The SMILES string of the molecule is c1ccc(-c2ccc(-c3ccc(N(c4ccc(-c5ccc6oc7ccccc7c6c5)cc4)c4ccc5c(c4)c4cc(-c6ccccc6)ccc4n5-c4ccccc4)cc3)cc2)cc1. The molecule has 12 aromatic rings. The van der Waals surface area contributed by atoms with Crippen LogP contribution in [0.2, 0.25) is 0 Å². The number of rotatable bonds is 8. The summed E-state index contributed by atoms with van der Waals surface area (Å²) in [4.78, 5) is 2.38. The molecule has 2 aromatic heterocycles. The number of aromatic nitrogens is 1. The number of hydrogen-bond acceptors (Lipinski definition) is 2. The van der Waals surface area contributed by atoms with Gasteiger partial charge in [-0.25, -0.2) is 0 Å². The van der Waals surface area contributed by atoms with Gasteiger partial charge in [0.2, 0.25) is 0 Å². The molecule has 0 fully saturated rings. The van der Waals surface area contributed by atoms with E-state index in [0.29, 0.717) is 0 Å². The molecule has 296 valence electrons. The molecule has 0 saturated heterocycles. The first-order valence-electron chi connectivity index (χ1n) is 21.5. The Morgan fingerprint density at radius 1 is 0.270 bits per heavy atom. The highest BCUT2D eigenvalue weighted by Crippen LogP contribution is 2.42. The molecule has 0 saturated carbocycles. The molecule has 0 aliphatic heterocycles. The lowest BCUT2D eigenvalue weighted by Crippen LogP contribution is -2.10. The monoisotopic (exact) mass is 804 g/mol. The van der Waals surface area contributed by atoms with Gasteiger partial charge in [-0.05, 0) is 129 Å². The fourth-order valence-corrected chi connectivity index (χ4v) is 9.26. The van der Waals surface area contributed by atoms with E-state index in [0.717, 1.165) is 61.3 Å². The van der Waals surface area contributed by atoms with Crippen molar-refractivity contribution < 1.29 is 4.42 Å². The molecule has 0 aliphatic carbocycles. The first-order chi connectivity index (χ1) is 31.2. The van der Waals surface area contributed by atoms with Gasteiger partial charge in [-0.15, -0.1) is 0 Å². The Balaban J connectivity index is 0.988. The Morgan fingerprint density at radius 3 is 1.29 bits per heavy atom. The summed E-state index contributed by atoms with van der Waals surface area (Å²) in [5.74, 6) is 0. The fourth-order valence-electron chi connectivity index (χ4n) is 9.26. The van der Waals surface area contributed by atoms with Crippen LogP contribution in [0.5, 0.6) is 0 Å². The Bertz CT molecular complexity index is 3570. The Hall–Kier alpha value is -8.40. The predicted molar refractivity (Wildman–Crippen MR) is 264 cm³/mol. The molecule has 63 heavy (non-hydrogen) atoms. The summed E-state index contributed by atoms with van der Waals surface area (Å²) in [5, 5.41) is 4.67. The Morgan fingerprint density at radius 2 is 0.667 bits per heavy atom. The van der Waals surface area contributed by atoms with Gasteiger partial charge in [-0.1, -0.05) is 158 Å². The molecule has 2 heterocycles. The normalized spacial score (nSPS) is 11.5. The van der Waals surface area contributed by atoms with Crippen LogP contribution < -0.4 is 4.90 Å². The molecule has 0 radical (unpaired) electrons. The molecule has 3 heteroatoms. The van der Waals surface area contributed by atoms with Crippen LogP contribution in [-0.4, -0.2) is 4.57 Å². The van der Waals surface area contributed by atoms with E-state index in [2.05, 4.69) is 240 Å². The predicted octanol–water partition coefficient (Wildman–Crippen LogP) is 16.8. The summed E-state index contributed by atoms with van der Waals surface area (Å²) in [7, 11) is 0. The zero-order valence-corrected chi connectivity index (χ0v) is 34.4. The van der Waals surface area contributed by atoms with E-state index in [-0.39, 0.29) is 0 Å². The summed E-state index contributed by atoms with van der Waals surface area (Å²) in [6, 6.07) is 87.2. The molecule has 12 rings (SSSR count). The number of benzene rings is 10. The van der Waals surface area contributed by atoms with Crippen molar-refractivity contribution >= 4 is 60.8 Å². The van der Waals surface area contributed by atoms with Crippen molar-refractivity contribution in [3.63, 3.8) is 0 Å². The number of nitrogens with zero attached hydrogens (tertiary/aromatic N) is 2. The highest BCUT2D eigenvalue weighted by atomic mass is 16.3. The first-order valence-corrected chi connectivity index (χ1v) is 21.5.